The molecule has 0 fully saturated rings. The molecule has 0 atom stereocenters. The fourth-order valence-corrected chi connectivity index (χ4v) is 2.04. The molecule has 0 saturated heterocycles. The first-order chi connectivity index (χ1) is 5.65. The Balaban J connectivity index is 2.91. The van der Waals surface area contributed by atoms with Gasteiger partial charge in [-0.15, -0.1) is 23.1 Å². The van der Waals surface area contributed by atoms with Crippen molar-refractivity contribution in [2.75, 3.05) is 6.26 Å². The average molecular weight is 200 g/mol. The first-order valence-corrected chi connectivity index (χ1v) is 5.22. The normalized spacial score (nSPS) is 9.75. The number of hydrogen-bond acceptors (Lipinski definition) is 4. The number of hydrogen-bond donors (Lipinski definition) is 2. The molecule has 12 heavy (non-hydrogen) atoms. The lowest BCUT2D eigenvalue weighted by atomic mass is 10.4. The maximum absolute atomic E-state index is 10.7. The van der Waals surface area contributed by atoms with Crippen LogP contribution in [0.1, 0.15) is 14.5 Å². The van der Waals surface area contributed by atoms with Crippen molar-refractivity contribution in [2.45, 2.75) is 0 Å². The van der Waals surface area contributed by atoms with Crippen molar-refractivity contribution in [2.24, 2.45) is 5.73 Å². The van der Waals surface area contributed by atoms with E-state index in [-0.39, 0.29) is 0 Å². The minimum Gasteiger partial charge on any atom is -0.365 e. The molecule has 0 radical (unpaired) electrons. The molecule has 1 rings (SSSR count). The Labute approximate surface area is 78.5 Å². The highest BCUT2D eigenvalue weighted by atomic mass is 32.2. The van der Waals surface area contributed by atoms with Crippen molar-refractivity contribution in [3.8, 4) is 0 Å². The third-order valence-electron chi connectivity index (χ3n) is 1.28. The molecular weight excluding hydrogens is 192 g/mol. The molecular formula is C7H8N2OS2. The van der Waals surface area contributed by atoms with Crippen LogP contribution >= 0.6 is 23.1 Å². The lowest BCUT2D eigenvalue weighted by Crippen LogP contribution is -2.08. The van der Waals surface area contributed by atoms with Crippen molar-refractivity contribution in [3.63, 3.8) is 0 Å². The molecule has 0 aliphatic carbocycles. The van der Waals surface area contributed by atoms with E-state index < -0.39 is 5.91 Å². The fourth-order valence-electron chi connectivity index (χ4n) is 0.693. The predicted octanol–water partition coefficient (Wildman–Crippen LogP) is 1.54. The van der Waals surface area contributed by atoms with Gasteiger partial charge in [0, 0.05) is 0 Å². The van der Waals surface area contributed by atoms with E-state index in [9.17, 15) is 4.79 Å². The van der Waals surface area contributed by atoms with E-state index in [0.29, 0.717) is 9.92 Å². The Morgan fingerprint density at radius 2 is 2.17 bits per heavy atom. The van der Waals surface area contributed by atoms with E-state index >= 15 is 0 Å². The molecule has 3 nitrogen and oxygen atoms in total. The van der Waals surface area contributed by atoms with Gasteiger partial charge in [-0.05, 0) is 18.4 Å². The maximum Gasteiger partial charge on any atom is 0.258 e. The largest absolute Gasteiger partial charge is 0.365 e. The van der Waals surface area contributed by atoms with E-state index in [1.807, 2.05) is 6.26 Å². The molecule has 0 aromatic carbocycles. The quantitative estimate of drug-likeness (QED) is 0.561. The van der Waals surface area contributed by atoms with Crippen LogP contribution < -0.4 is 5.73 Å². The highest BCUT2D eigenvalue weighted by molar-refractivity contribution is 8.14. The molecule has 3 N–H and O–H groups in total. The maximum atomic E-state index is 10.7. The van der Waals surface area contributed by atoms with Crippen LogP contribution in [0.25, 0.3) is 0 Å². The van der Waals surface area contributed by atoms with Gasteiger partial charge in [0.25, 0.3) is 5.91 Å². The zero-order valence-electron chi connectivity index (χ0n) is 6.46. The summed E-state index contributed by atoms with van der Waals surface area (Å²) in [7, 11) is 0. The van der Waals surface area contributed by atoms with Crippen molar-refractivity contribution >= 4 is 34.0 Å². The van der Waals surface area contributed by atoms with Crippen LogP contribution in [0.4, 0.5) is 0 Å². The Hall–Kier alpha value is -0.810. The summed E-state index contributed by atoms with van der Waals surface area (Å²) in [6.45, 7) is 0. The first-order valence-electron chi connectivity index (χ1n) is 3.17. The molecule has 1 amide bonds. The number of thioether (sulfide) groups is 1. The molecule has 0 unspecified atom stereocenters. The SMILES string of the molecule is CSC(=N)c1ccc(C(N)=O)s1. The van der Waals surface area contributed by atoms with Crippen LogP contribution in [-0.2, 0) is 0 Å². The van der Waals surface area contributed by atoms with Gasteiger partial charge >= 0.3 is 0 Å². The van der Waals surface area contributed by atoms with Gasteiger partial charge in [-0.1, -0.05) is 0 Å². The molecule has 0 aliphatic heterocycles. The summed E-state index contributed by atoms with van der Waals surface area (Å²) >= 11 is 2.60. The molecule has 1 aromatic heterocycles. The Bertz CT molecular complexity index is 319. The van der Waals surface area contributed by atoms with Crippen molar-refractivity contribution in [1.82, 2.24) is 0 Å². The van der Waals surface area contributed by atoms with Crippen LogP contribution in [-0.4, -0.2) is 17.2 Å². The number of carbonyl (C=O) groups excluding carboxylic acids is 1. The second kappa shape index (κ2) is 3.73. The lowest BCUT2D eigenvalue weighted by Gasteiger charge is -1.91. The lowest BCUT2D eigenvalue weighted by molar-refractivity contribution is 0.100. The number of nitrogens with one attached hydrogen (secondary N) is 1. The summed E-state index contributed by atoms with van der Waals surface area (Å²) in [6, 6.07) is 3.39. The van der Waals surface area contributed by atoms with E-state index in [4.69, 9.17) is 11.1 Å². The topological polar surface area (TPSA) is 66.9 Å². The number of primary amides is 1. The zero-order chi connectivity index (χ0) is 9.14. The third-order valence-corrected chi connectivity index (χ3v) is 3.15. The van der Waals surface area contributed by atoms with Gasteiger partial charge in [0.2, 0.25) is 0 Å². The highest BCUT2D eigenvalue weighted by Gasteiger charge is 2.07. The highest BCUT2D eigenvalue weighted by Crippen LogP contribution is 2.19. The van der Waals surface area contributed by atoms with Crippen molar-refractivity contribution < 1.29 is 4.79 Å². The van der Waals surface area contributed by atoms with Gasteiger partial charge in [0.05, 0.1) is 9.75 Å². The third kappa shape index (κ3) is 1.86. The van der Waals surface area contributed by atoms with Crippen LogP contribution in [0.15, 0.2) is 12.1 Å². The number of rotatable bonds is 2. The number of amides is 1. The molecule has 0 saturated carbocycles. The van der Waals surface area contributed by atoms with Gasteiger partial charge in [-0.25, -0.2) is 0 Å². The molecule has 1 heterocycles. The van der Waals surface area contributed by atoms with Gasteiger partial charge in [-0.2, -0.15) is 0 Å². The summed E-state index contributed by atoms with van der Waals surface area (Å²) in [5, 5.41) is 7.92. The monoisotopic (exact) mass is 200 g/mol. The summed E-state index contributed by atoms with van der Waals surface area (Å²) in [4.78, 5) is 12.0. The van der Waals surface area contributed by atoms with Crippen LogP contribution in [0.3, 0.4) is 0 Å². The van der Waals surface area contributed by atoms with Crippen LogP contribution in [0.5, 0.6) is 0 Å². The second-order valence-corrected chi connectivity index (χ2v) is 3.96. The summed E-state index contributed by atoms with van der Waals surface area (Å²) < 4.78 is 0. The van der Waals surface area contributed by atoms with Gasteiger partial charge in [-0.3, -0.25) is 10.2 Å². The zero-order valence-corrected chi connectivity index (χ0v) is 8.09. The molecule has 1 aromatic rings. The van der Waals surface area contributed by atoms with Gasteiger partial charge < -0.3 is 5.73 Å². The van der Waals surface area contributed by atoms with Crippen LogP contribution in [0, 0.1) is 5.41 Å². The standard InChI is InChI=1S/C7H8N2OS2/c1-11-7(9)5-3-2-4(12-5)6(8)10/h2-3,9H,1H3,(H2,8,10). The van der Waals surface area contributed by atoms with Crippen LogP contribution in [0.2, 0.25) is 0 Å². The minimum atomic E-state index is -0.430. The first kappa shape index (κ1) is 9.28. The predicted molar refractivity (Wildman–Crippen MR) is 53.2 cm³/mol. The Morgan fingerprint density at radius 3 is 2.58 bits per heavy atom. The van der Waals surface area contributed by atoms with Crippen molar-refractivity contribution in [3.05, 3.63) is 21.9 Å². The van der Waals surface area contributed by atoms with Gasteiger partial charge in [0.1, 0.15) is 5.04 Å². The number of nitrogens with two attached hydrogens (primary N) is 1. The second-order valence-electron chi connectivity index (χ2n) is 2.06. The molecule has 0 aliphatic rings. The fraction of sp³-hybridized carbons (Fsp3) is 0.143. The van der Waals surface area contributed by atoms with Crippen molar-refractivity contribution in [1.29, 1.82) is 5.41 Å². The molecule has 64 valence electrons. The average Bonchev–Trinajstić information content (AvgIpc) is 2.51. The molecule has 5 heteroatoms. The Kier molecular flexibility index (Phi) is 2.88. The summed E-state index contributed by atoms with van der Waals surface area (Å²) in [6.07, 6.45) is 1.83. The van der Waals surface area contributed by atoms with E-state index in [2.05, 4.69) is 0 Å². The summed E-state index contributed by atoms with van der Waals surface area (Å²) in [5.74, 6) is -0.430. The molecule has 0 bridgehead atoms. The van der Waals surface area contributed by atoms with E-state index in [1.165, 1.54) is 23.1 Å². The summed E-state index contributed by atoms with van der Waals surface area (Å²) in [5.41, 5.74) is 5.06. The van der Waals surface area contributed by atoms with E-state index in [1.54, 1.807) is 12.1 Å². The number of carbonyl (C=O) groups is 1. The smallest absolute Gasteiger partial charge is 0.258 e. The minimum absolute atomic E-state index is 0.430. The molecule has 0 spiro atoms. The van der Waals surface area contributed by atoms with Gasteiger partial charge in [0.15, 0.2) is 0 Å². The Morgan fingerprint density at radius 1 is 1.58 bits per heavy atom. The van der Waals surface area contributed by atoms with E-state index in [0.717, 1.165) is 4.88 Å². The number of thiophene rings is 1.